The Hall–Kier alpha value is -2.79. The van der Waals surface area contributed by atoms with E-state index in [1.165, 1.54) is 10.7 Å². The SMILES string of the molecule is Cc1ccc(C)c(Cc2nc(COC(=O)COCCON)nn2-c2ccc(S)cc2F)c1. The van der Waals surface area contributed by atoms with Crippen molar-refractivity contribution in [1.82, 2.24) is 14.8 Å². The van der Waals surface area contributed by atoms with Crippen LogP contribution >= 0.6 is 12.6 Å². The summed E-state index contributed by atoms with van der Waals surface area (Å²) in [6.07, 6.45) is 0.429. The zero-order valence-corrected chi connectivity index (χ0v) is 18.8. The Kier molecular flexibility index (Phi) is 8.34. The normalized spacial score (nSPS) is 11.0. The van der Waals surface area contributed by atoms with E-state index in [4.69, 9.17) is 15.4 Å². The molecule has 10 heteroatoms. The number of halogens is 1. The average molecular weight is 461 g/mol. The summed E-state index contributed by atoms with van der Waals surface area (Å²) in [6, 6.07) is 10.7. The highest BCUT2D eigenvalue weighted by Crippen LogP contribution is 2.21. The Labute approximate surface area is 190 Å². The molecule has 170 valence electrons. The molecule has 1 heterocycles. The number of aryl methyl sites for hydroxylation is 2. The molecule has 0 fully saturated rings. The van der Waals surface area contributed by atoms with Crippen LogP contribution in [0.4, 0.5) is 4.39 Å². The van der Waals surface area contributed by atoms with E-state index in [0.29, 0.717) is 17.1 Å². The molecule has 0 amide bonds. The highest BCUT2D eigenvalue weighted by Gasteiger charge is 2.17. The van der Waals surface area contributed by atoms with E-state index in [1.54, 1.807) is 12.1 Å². The summed E-state index contributed by atoms with van der Waals surface area (Å²) in [5, 5.41) is 4.39. The first kappa shape index (κ1) is 23.9. The Bertz CT molecular complexity index is 1090. The summed E-state index contributed by atoms with van der Waals surface area (Å²) in [5.41, 5.74) is 3.47. The number of hydrogen-bond donors (Lipinski definition) is 2. The van der Waals surface area contributed by atoms with Crippen molar-refractivity contribution in [3.63, 3.8) is 0 Å². The summed E-state index contributed by atoms with van der Waals surface area (Å²) in [6.45, 7) is 3.91. The summed E-state index contributed by atoms with van der Waals surface area (Å²) in [4.78, 5) is 21.2. The molecule has 0 atom stereocenters. The quantitative estimate of drug-likeness (QED) is 0.208. The summed E-state index contributed by atoms with van der Waals surface area (Å²) in [5.74, 6) is 4.59. The number of benzene rings is 2. The van der Waals surface area contributed by atoms with Crippen LogP contribution in [0.15, 0.2) is 41.3 Å². The second-order valence-corrected chi connectivity index (χ2v) is 7.70. The van der Waals surface area contributed by atoms with Crippen molar-refractivity contribution in [2.45, 2.75) is 31.8 Å². The summed E-state index contributed by atoms with van der Waals surface area (Å²) >= 11 is 4.18. The zero-order chi connectivity index (χ0) is 23.1. The molecule has 0 radical (unpaired) electrons. The minimum absolute atomic E-state index is 0.164. The minimum atomic E-state index is -0.583. The second kappa shape index (κ2) is 11.2. The number of rotatable bonds is 10. The minimum Gasteiger partial charge on any atom is -0.456 e. The zero-order valence-electron chi connectivity index (χ0n) is 17.9. The number of aromatic nitrogens is 3. The maximum atomic E-state index is 14.7. The Morgan fingerprint density at radius 3 is 2.75 bits per heavy atom. The van der Waals surface area contributed by atoms with Crippen LogP contribution < -0.4 is 5.90 Å². The lowest BCUT2D eigenvalue weighted by atomic mass is 10.0. The number of ether oxygens (including phenoxy) is 2. The molecule has 2 aromatic carbocycles. The molecule has 8 nitrogen and oxygen atoms in total. The Morgan fingerprint density at radius 2 is 2.00 bits per heavy atom. The van der Waals surface area contributed by atoms with Crippen molar-refractivity contribution in [2.24, 2.45) is 5.90 Å². The molecule has 0 saturated carbocycles. The fourth-order valence-corrected chi connectivity index (χ4v) is 3.23. The van der Waals surface area contributed by atoms with Crippen LogP contribution in [0.2, 0.25) is 0 Å². The molecule has 1 aromatic heterocycles. The first-order valence-corrected chi connectivity index (χ1v) is 10.4. The smallest absolute Gasteiger partial charge is 0.332 e. The number of thiol groups is 1. The molecule has 2 N–H and O–H groups in total. The molecule has 32 heavy (non-hydrogen) atoms. The maximum Gasteiger partial charge on any atom is 0.332 e. The van der Waals surface area contributed by atoms with Crippen molar-refractivity contribution < 1.29 is 23.5 Å². The third kappa shape index (κ3) is 6.36. The van der Waals surface area contributed by atoms with E-state index in [0.717, 1.165) is 16.7 Å². The number of nitrogens with zero attached hydrogens (tertiary/aromatic N) is 3. The van der Waals surface area contributed by atoms with Crippen molar-refractivity contribution in [3.8, 4) is 5.69 Å². The number of nitrogens with two attached hydrogens (primary N) is 1. The predicted molar refractivity (Wildman–Crippen MR) is 118 cm³/mol. The summed E-state index contributed by atoms with van der Waals surface area (Å²) in [7, 11) is 0. The van der Waals surface area contributed by atoms with Gasteiger partial charge < -0.3 is 14.3 Å². The third-order valence-electron chi connectivity index (χ3n) is 4.66. The first-order valence-electron chi connectivity index (χ1n) is 9.92. The molecular weight excluding hydrogens is 435 g/mol. The van der Waals surface area contributed by atoms with Gasteiger partial charge in [-0.3, -0.25) is 0 Å². The molecule has 0 unspecified atom stereocenters. The van der Waals surface area contributed by atoms with Crippen LogP contribution in [0.3, 0.4) is 0 Å². The number of carbonyl (C=O) groups excluding carboxylic acids is 1. The largest absolute Gasteiger partial charge is 0.456 e. The van der Waals surface area contributed by atoms with Crippen molar-refractivity contribution in [3.05, 3.63) is 70.6 Å². The molecule has 0 spiro atoms. The average Bonchev–Trinajstić information content (AvgIpc) is 3.15. The molecule has 0 bridgehead atoms. The van der Waals surface area contributed by atoms with Crippen LogP contribution in [0, 0.1) is 19.7 Å². The predicted octanol–water partition coefficient (Wildman–Crippen LogP) is 2.85. The van der Waals surface area contributed by atoms with Crippen molar-refractivity contribution >= 4 is 18.6 Å². The van der Waals surface area contributed by atoms with E-state index in [1.807, 2.05) is 26.0 Å². The standard InChI is InChI=1S/C22H25FN4O4S/c1-14-3-4-15(2)16(9-14)10-21-25-20(12-30-22(28)13-29-7-8-31-24)26-27(21)19-6-5-17(32)11-18(19)23/h3-6,9,11,32H,7-8,10,12-13,24H2,1-2H3. The molecular formula is C22H25FN4O4S. The van der Waals surface area contributed by atoms with Crippen LogP contribution in [0.5, 0.6) is 0 Å². The van der Waals surface area contributed by atoms with Crippen LogP contribution in [0.25, 0.3) is 5.69 Å². The lowest BCUT2D eigenvalue weighted by Gasteiger charge is -2.10. The first-order chi connectivity index (χ1) is 15.4. The lowest BCUT2D eigenvalue weighted by molar-refractivity contribution is -0.151. The number of hydrogen-bond acceptors (Lipinski definition) is 8. The molecule has 0 saturated heterocycles. The van der Waals surface area contributed by atoms with E-state index < -0.39 is 11.8 Å². The van der Waals surface area contributed by atoms with E-state index in [-0.39, 0.29) is 37.9 Å². The third-order valence-corrected chi connectivity index (χ3v) is 4.94. The van der Waals surface area contributed by atoms with Gasteiger partial charge in [-0.2, -0.15) is 0 Å². The lowest BCUT2D eigenvalue weighted by Crippen LogP contribution is -2.16. The van der Waals surface area contributed by atoms with Crippen molar-refractivity contribution in [2.75, 3.05) is 19.8 Å². The molecule has 0 aliphatic carbocycles. The Morgan fingerprint density at radius 1 is 1.19 bits per heavy atom. The van der Waals surface area contributed by atoms with Gasteiger partial charge >= 0.3 is 5.97 Å². The fourth-order valence-electron chi connectivity index (χ4n) is 3.04. The van der Waals surface area contributed by atoms with E-state index >= 15 is 0 Å². The maximum absolute atomic E-state index is 14.7. The summed E-state index contributed by atoms with van der Waals surface area (Å²) < 4.78 is 26.3. The van der Waals surface area contributed by atoms with Gasteiger partial charge in [-0.15, -0.1) is 17.7 Å². The van der Waals surface area contributed by atoms with Crippen LogP contribution in [0.1, 0.15) is 28.3 Å². The number of esters is 1. The van der Waals surface area contributed by atoms with Crippen LogP contribution in [-0.2, 0) is 32.1 Å². The second-order valence-electron chi connectivity index (χ2n) is 7.18. The van der Waals surface area contributed by atoms with Gasteiger partial charge in [-0.25, -0.2) is 24.7 Å². The number of carbonyl (C=O) groups is 1. The highest BCUT2D eigenvalue weighted by atomic mass is 32.1. The molecule has 3 rings (SSSR count). The van der Waals surface area contributed by atoms with Gasteiger partial charge in [0.2, 0.25) is 0 Å². The highest BCUT2D eigenvalue weighted by molar-refractivity contribution is 7.80. The Balaban J connectivity index is 1.83. The van der Waals surface area contributed by atoms with Gasteiger partial charge in [-0.05, 0) is 43.2 Å². The van der Waals surface area contributed by atoms with Gasteiger partial charge in [0.05, 0.1) is 13.2 Å². The molecule has 0 aliphatic heterocycles. The monoisotopic (exact) mass is 460 g/mol. The fraction of sp³-hybridized carbons (Fsp3) is 0.318. The van der Waals surface area contributed by atoms with Crippen LogP contribution in [-0.4, -0.2) is 40.6 Å². The van der Waals surface area contributed by atoms with Crippen molar-refractivity contribution in [1.29, 1.82) is 0 Å². The van der Waals surface area contributed by atoms with Gasteiger partial charge in [0.1, 0.15) is 23.9 Å². The van der Waals surface area contributed by atoms with Gasteiger partial charge in [0.25, 0.3) is 0 Å². The van der Waals surface area contributed by atoms with Gasteiger partial charge in [0, 0.05) is 11.3 Å². The molecule has 0 aliphatic rings. The topological polar surface area (TPSA) is 101 Å². The van der Waals surface area contributed by atoms with Gasteiger partial charge in [-0.1, -0.05) is 23.8 Å². The van der Waals surface area contributed by atoms with E-state index in [2.05, 4.69) is 33.6 Å². The van der Waals surface area contributed by atoms with E-state index in [9.17, 15) is 9.18 Å². The molecule has 3 aromatic rings. The van der Waals surface area contributed by atoms with Gasteiger partial charge in [0.15, 0.2) is 12.4 Å².